The number of anilines is 1. The quantitative estimate of drug-likeness (QED) is 0.785. The van der Waals surface area contributed by atoms with Crippen molar-refractivity contribution in [2.24, 2.45) is 5.73 Å². The normalized spacial score (nSPS) is 11.3. The largest absolute Gasteiger partial charge is 0.389 e. The highest BCUT2D eigenvalue weighted by Crippen LogP contribution is 2.26. The Hall–Kier alpha value is -0.960. The minimum Gasteiger partial charge on any atom is -0.389 e. The molecule has 8 heteroatoms. The van der Waals surface area contributed by atoms with Crippen LogP contribution in [0.5, 0.6) is 0 Å². The summed E-state index contributed by atoms with van der Waals surface area (Å²) in [6.45, 7) is 1.85. The SMILES string of the molecule is Cc1ccc(S(=O)(=O)Nc2ccc(Br)cc2C(N)=S)s1. The zero-order chi connectivity index (χ0) is 14.9. The number of sulfonamides is 1. The molecule has 0 aliphatic carbocycles. The van der Waals surface area contributed by atoms with Crippen molar-refractivity contribution >= 4 is 60.2 Å². The van der Waals surface area contributed by atoms with Crippen LogP contribution in [0.3, 0.4) is 0 Å². The van der Waals surface area contributed by atoms with E-state index in [9.17, 15) is 8.42 Å². The Labute approximate surface area is 135 Å². The molecule has 1 heterocycles. The molecule has 0 aliphatic heterocycles. The van der Waals surface area contributed by atoms with Crippen LogP contribution in [0.25, 0.3) is 0 Å². The molecule has 3 N–H and O–H groups in total. The molecule has 1 aromatic heterocycles. The van der Waals surface area contributed by atoms with Crippen LogP contribution in [0.1, 0.15) is 10.4 Å². The zero-order valence-electron chi connectivity index (χ0n) is 10.4. The van der Waals surface area contributed by atoms with Crippen molar-refractivity contribution in [3.8, 4) is 0 Å². The Kier molecular flexibility index (Phi) is 4.48. The standard InChI is InChI=1S/C12H11BrN2O2S3/c1-7-2-5-11(19-7)20(16,17)15-10-4-3-8(13)6-9(10)12(14)18/h2-6,15H,1H3,(H2,14,18). The van der Waals surface area contributed by atoms with Gasteiger partial charge in [-0.25, -0.2) is 8.42 Å². The van der Waals surface area contributed by atoms with E-state index in [1.807, 2.05) is 6.92 Å². The number of hydrogen-bond donors (Lipinski definition) is 2. The van der Waals surface area contributed by atoms with Crippen molar-refractivity contribution in [2.45, 2.75) is 11.1 Å². The molecule has 1 aromatic carbocycles. The Morgan fingerprint density at radius 3 is 2.60 bits per heavy atom. The monoisotopic (exact) mass is 390 g/mol. The third kappa shape index (κ3) is 3.38. The summed E-state index contributed by atoms with van der Waals surface area (Å²) >= 11 is 9.45. The number of benzene rings is 1. The van der Waals surface area contributed by atoms with Crippen molar-refractivity contribution in [3.63, 3.8) is 0 Å². The molecule has 0 unspecified atom stereocenters. The van der Waals surface area contributed by atoms with E-state index in [2.05, 4.69) is 20.7 Å². The molecule has 0 aliphatic rings. The number of aryl methyl sites for hydroxylation is 1. The van der Waals surface area contributed by atoms with Crippen LogP contribution in [0.15, 0.2) is 39.0 Å². The molecular formula is C12H11BrN2O2S3. The molecule has 20 heavy (non-hydrogen) atoms. The number of hydrogen-bond acceptors (Lipinski definition) is 4. The van der Waals surface area contributed by atoms with E-state index in [4.69, 9.17) is 18.0 Å². The lowest BCUT2D eigenvalue weighted by Crippen LogP contribution is -2.17. The fourth-order valence-corrected chi connectivity index (χ4v) is 4.45. The predicted octanol–water partition coefficient (Wildman–Crippen LogP) is 3.25. The first-order chi connectivity index (χ1) is 9.29. The second kappa shape index (κ2) is 5.80. The summed E-state index contributed by atoms with van der Waals surface area (Å²) in [6.07, 6.45) is 0. The number of thiophene rings is 1. The maximum Gasteiger partial charge on any atom is 0.271 e. The van der Waals surface area contributed by atoms with Gasteiger partial charge in [0.05, 0.1) is 5.69 Å². The lowest BCUT2D eigenvalue weighted by Gasteiger charge is -2.11. The van der Waals surface area contributed by atoms with E-state index in [0.717, 1.165) is 9.35 Å². The fraction of sp³-hybridized carbons (Fsp3) is 0.0833. The van der Waals surface area contributed by atoms with E-state index < -0.39 is 10.0 Å². The number of nitrogens with two attached hydrogens (primary N) is 1. The molecule has 0 saturated carbocycles. The molecule has 0 atom stereocenters. The fourth-order valence-electron chi connectivity index (χ4n) is 1.56. The van der Waals surface area contributed by atoms with Crippen LogP contribution in [-0.4, -0.2) is 13.4 Å². The van der Waals surface area contributed by atoms with Crippen molar-refractivity contribution in [1.29, 1.82) is 0 Å². The first-order valence-electron chi connectivity index (χ1n) is 5.48. The van der Waals surface area contributed by atoms with Crippen LogP contribution in [0, 0.1) is 6.92 Å². The zero-order valence-corrected chi connectivity index (χ0v) is 14.4. The Morgan fingerprint density at radius 2 is 2.05 bits per heavy atom. The Balaban J connectivity index is 2.42. The highest BCUT2D eigenvalue weighted by Gasteiger charge is 2.18. The van der Waals surface area contributed by atoms with Gasteiger partial charge in [0.2, 0.25) is 0 Å². The van der Waals surface area contributed by atoms with Gasteiger partial charge in [-0.05, 0) is 37.3 Å². The molecular weight excluding hydrogens is 380 g/mol. The molecule has 2 aromatic rings. The summed E-state index contributed by atoms with van der Waals surface area (Å²) in [4.78, 5) is 1.06. The molecule has 106 valence electrons. The van der Waals surface area contributed by atoms with Crippen molar-refractivity contribution in [1.82, 2.24) is 0 Å². The third-order valence-corrected chi connectivity index (χ3v) is 6.04. The molecule has 0 fully saturated rings. The van der Waals surface area contributed by atoms with Gasteiger partial charge < -0.3 is 5.73 Å². The van der Waals surface area contributed by atoms with Crippen LogP contribution in [-0.2, 0) is 10.0 Å². The minimum atomic E-state index is -3.62. The summed E-state index contributed by atoms with van der Waals surface area (Å²) in [5, 5.41) is 0. The van der Waals surface area contributed by atoms with Crippen molar-refractivity contribution in [3.05, 3.63) is 45.2 Å². The van der Waals surface area contributed by atoms with E-state index in [1.54, 1.807) is 30.3 Å². The van der Waals surface area contributed by atoms with Crippen LogP contribution >= 0.6 is 39.5 Å². The summed E-state index contributed by atoms with van der Waals surface area (Å²) in [7, 11) is -3.62. The van der Waals surface area contributed by atoms with E-state index in [-0.39, 0.29) is 9.20 Å². The minimum absolute atomic E-state index is 0.131. The van der Waals surface area contributed by atoms with Crippen LogP contribution in [0.4, 0.5) is 5.69 Å². The second-order valence-corrected chi connectivity index (χ2v) is 8.58. The third-order valence-electron chi connectivity index (χ3n) is 2.47. The van der Waals surface area contributed by atoms with E-state index >= 15 is 0 Å². The summed E-state index contributed by atoms with van der Waals surface area (Å²) in [5.74, 6) is 0. The van der Waals surface area contributed by atoms with Gasteiger partial charge in [0.25, 0.3) is 10.0 Å². The first-order valence-corrected chi connectivity index (χ1v) is 8.98. The lowest BCUT2D eigenvalue weighted by molar-refractivity contribution is 0.603. The lowest BCUT2D eigenvalue weighted by atomic mass is 10.2. The second-order valence-electron chi connectivity index (χ2n) is 4.02. The van der Waals surface area contributed by atoms with Crippen molar-refractivity contribution < 1.29 is 8.42 Å². The van der Waals surface area contributed by atoms with Crippen LogP contribution < -0.4 is 10.5 Å². The van der Waals surface area contributed by atoms with Crippen molar-refractivity contribution in [2.75, 3.05) is 4.72 Å². The number of nitrogens with one attached hydrogen (secondary N) is 1. The first kappa shape index (κ1) is 15.4. The number of halogens is 1. The van der Waals surface area contributed by atoms with Gasteiger partial charge in [-0.15, -0.1) is 11.3 Å². The number of rotatable bonds is 4. The van der Waals surface area contributed by atoms with Gasteiger partial charge in [-0.1, -0.05) is 28.1 Å². The molecule has 4 nitrogen and oxygen atoms in total. The molecule has 2 rings (SSSR count). The van der Waals surface area contributed by atoms with Gasteiger partial charge in [0.15, 0.2) is 0 Å². The molecule has 0 bridgehead atoms. The number of thiocarbonyl (C=S) groups is 1. The maximum atomic E-state index is 12.3. The Morgan fingerprint density at radius 1 is 1.35 bits per heavy atom. The molecule has 0 radical (unpaired) electrons. The molecule has 0 saturated heterocycles. The smallest absolute Gasteiger partial charge is 0.271 e. The van der Waals surface area contributed by atoms with Gasteiger partial charge in [-0.3, -0.25) is 4.72 Å². The predicted molar refractivity (Wildman–Crippen MR) is 89.9 cm³/mol. The van der Waals surface area contributed by atoms with Gasteiger partial charge in [-0.2, -0.15) is 0 Å². The topological polar surface area (TPSA) is 72.2 Å². The van der Waals surface area contributed by atoms with Crippen LogP contribution in [0.2, 0.25) is 0 Å². The summed E-state index contributed by atoms with van der Waals surface area (Å²) in [6, 6.07) is 8.35. The summed E-state index contributed by atoms with van der Waals surface area (Å²) in [5.41, 5.74) is 6.47. The van der Waals surface area contributed by atoms with E-state index in [1.165, 1.54) is 11.3 Å². The van der Waals surface area contributed by atoms with Gasteiger partial charge >= 0.3 is 0 Å². The highest BCUT2D eigenvalue weighted by atomic mass is 79.9. The highest BCUT2D eigenvalue weighted by molar-refractivity contribution is 9.10. The van der Waals surface area contributed by atoms with Gasteiger partial charge in [0.1, 0.15) is 9.20 Å². The Bertz CT molecular complexity index is 769. The maximum absolute atomic E-state index is 12.3. The van der Waals surface area contributed by atoms with E-state index in [0.29, 0.717) is 11.3 Å². The average Bonchev–Trinajstić information content (AvgIpc) is 2.78. The summed E-state index contributed by atoms with van der Waals surface area (Å²) < 4.78 is 28.1. The average molecular weight is 391 g/mol. The molecule has 0 amide bonds. The molecule has 0 spiro atoms. The van der Waals surface area contributed by atoms with Gasteiger partial charge in [0, 0.05) is 14.9 Å².